The van der Waals surface area contributed by atoms with Gasteiger partial charge in [-0.3, -0.25) is 4.79 Å². The summed E-state index contributed by atoms with van der Waals surface area (Å²) in [6.45, 7) is 5.84. The van der Waals surface area contributed by atoms with E-state index < -0.39 is 5.60 Å². The molecule has 1 N–H and O–H groups in total. The van der Waals surface area contributed by atoms with Gasteiger partial charge in [-0.05, 0) is 13.8 Å². The fraction of sp³-hybridized carbons (Fsp3) is 0.917. The Morgan fingerprint density at radius 1 is 1.31 bits per heavy atom. The highest BCUT2D eigenvalue weighted by molar-refractivity contribution is 5.84. The quantitative estimate of drug-likeness (QED) is 0.726. The third-order valence-electron chi connectivity index (χ3n) is 3.56. The van der Waals surface area contributed by atoms with Crippen molar-refractivity contribution in [2.75, 3.05) is 34.3 Å². The molecule has 1 saturated heterocycles. The van der Waals surface area contributed by atoms with E-state index in [4.69, 9.17) is 4.74 Å². The van der Waals surface area contributed by atoms with Gasteiger partial charge in [-0.1, -0.05) is 0 Å². The van der Waals surface area contributed by atoms with Crippen LogP contribution in [0.2, 0.25) is 0 Å². The Bertz CT molecular complexity index is 252. The van der Waals surface area contributed by atoms with Crippen LogP contribution in [0.25, 0.3) is 0 Å². The number of carbonyl (C=O) groups excluding carboxylic acids is 1. The number of hydrogen-bond acceptors (Lipinski definition) is 2. The van der Waals surface area contributed by atoms with Gasteiger partial charge in [0.25, 0.3) is 5.91 Å². The highest BCUT2D eigenvalue weighted by Crippen LogP contribution is 2.16. The fourth-order valence-corrected chi connectivity index (χ4v) is 1.86. The van der Waals surface area contributed by atoms with Gasteiger partial charge < -0.3 is 14.5 Å². The molecule has 0 aromatic carbocycles. The molecule has 4 heteroatoms. The monoisotopic (exact) mass is 229 g/mol. The van der Waals surface area contributed by atoms with E-state index in [0.717, 1.165) is 30.4 Å². The highest BCUT2D eigenvalue weighted by Gasteiger charge is 2.32. The summed E-state index contributed by atoms with van der Waals surface area (Å²) in [7, 11) is 6.04. The maximum Gasteiger partial charge on any atom is 0.251 e. The lowest BCUT2D eigenvalue weighted by molar-refractivity contribution is -0.895. The Morgan fingerprint density at radius 3 is 2.25 bits per heavy atom. The summed E-state index contributed by atoms with van der Waals surface area (Å²) in [6, 6.07) is 0.313. The van der Waals surface area contributed by atoms with Crippen LogP contribution in [0.4, 0.5) is 0 Å². The second-order valence-electron chi connectivity index (χ2n) is 5.85. The van der Waals surface area contributed by atoms with Crippen LogP contribution in [-0.4, -0.2) is 56.3 Å². The van der Waals surface area contributed by atoms with Crippen molar-refractivity contribution in [1.82, 2.24) is 5.32 Å². The van der Waals surface area contributed by atoms with Crippen LogP contribution in [-0.2, 0) is 9.53 Å². The average molecular weight is 229 g/mol. The van der Waals surface area contributed by atoms with Crippen molar-refractivity contribution in [3.63, 3.8) is 0 Å². The zero-order valence-electron chi connectivity index (χ0n) is 11.2. The lowest BCUT2D eigenvalue weighted by Crippen LogP contribution is -2.54. The smallest absolute Gasteiger partial charge is 0.251 e. The van der Waals surface area contributed by atoms with Gasteiger partial charge in [0.05, 0.1) is 27.2 Å². The van der Waals surface area contributed by atoms with Gasteiger partial charge in [0.1, 0.15) is 5.60 Å². The summed E-state index contributed by atoms with van der Waals surface area (Å²) in [5, 5.41) is 3.07. The molecule has 1 aliphatic heterocycles. The first-order valence-corrected chi connectivity index (χ1v) is 5.95. The van der Waals surface area contributed by atoms with Gasteiger partial charge in [-0.2, -0.15) is 0 Å². The number of amides is 1. The molecule has 0 bridgehead atoms. The number of rotatable bonds is 3. The molecule has 4 nitrogen and oxygen atoms in total. The average Bonchev–Trinajstić information content (AvgIpc) is 2.21. The lowest BCUT2D eigenvalue weighted by atomic mass is 10.0. The second kappa shape index (κ2) is 4.72. The standard InChI is InChI=1S/C12H24N2O2/c1-12(2,16-5)11(15)13-10-6-8-14(3,4)9-7-10/h10H,6-9H2,1-5H3/p+1. The minimum atomic E-state index is -0.720. The molecule has 16 heavy (non-hydrogen) atoms. The Kier molecular flexibility index (Phi) is 3.97. The zero-order valence-corrected chi connectivity index (χ0v) is 11.2. The molecule has 0 aromatic heterocycles. The number of hydrogen-bond donors (Lipinski definition) is 1. The molecule has 0 atom stereocenters. The van der Waals surface area contributed by atoms with Crippen LogP contribution in [0.3, 0.4) is 0 Å². The number of nitrogens with zero attached hydrogens (tertiary/aromatic N) is 1. The third kappa shape index (κ3) is 3.46. The van der Waals surface area contributed by atoms with E-state index in [2.05, 4.69) is 19.4 Å². The molecule has 1 fully saturated rings. The van der Waals surface area contributed by atoms with Gasteiger partial charge in [-0.25, -0.2) is 0 Å². The van der Waals surface area contributed by atoms with E-state index in [9.17, 15) is 4.79 Å². The van der Waals surface area contributed by atoms with Crippen LogP contribution >= 0.6 is 0 Å². The van der Waals surface area contributed by atoms with Gasteiger partial charge >= 0.3 is 0 Å². The number of carbonyl (C=O) groups is 1. The number of piperidine rings is 1. The van der Waals surface area contributed by atoms with Crippen molar-refractivity contribution < 1.29 is 14.0 Å². The molecule has 0 aliphatic carbocycles. The molecular weight excluding hydrogens is 204 g/mol. The summed E-state index contributed by atoms with van der Waals surface area (Å²) in [5.74, 6) is -0.00722. The van der Waals surface area contributed by atoms with E-state index in [-0.39, 0.29) is 5.91 Å². The lowest BCUT2D eigenvalue weighted by Gasteiger charge is -2.38. The van der Waals surface area contributed by atoms with Crippen molar-refractivity contribution in [2.45, 2.75) is 38.3 Å². The summed E-state index contributed by atoms with van der Waals surface area (Å²) in [4.78, 5) is 11.9. The summed E-state index contributed by atoms with van der Waals surface area (Å²) in [5.41, 5.74) is -0.720. The number of methoxy groups -OCH3 is 1. The molecule has 0 spiro atoms. The predicted octanol–water partition coefficient (Wildman–Crippen LogP) is 0.766. The molecule has 0 saturated carbocycles. The van der Waals surface area contributed by atoms with Crippen LogP contribution in [0, 0.1) is 0 Å². The van der Waals surface area contributed by atoms with Gasteiger partial charge in [0, 0.05) is 26.0 Å². The summed E-state index contributed by atoms with van der Waals surface area (Å²) in [6.07, 6.45) is 2.11. The largest absolute Gasteiger partial charge is 0.369 e. The van der Waals surface area contributed by atoms with Crippen LogP contribution < -0.4 is 5.32 Å². The van der Waals surface area contributed by atoms with Crippen molar-refractivity contribution in [3.05, 3.63) is 0 Å². The molecule has 1 rings (SSSR count). The van der Waals surface area contributed by atoms with Crippen molar-refractivity contribution in [1.29, 1.82) is 0 Å². The number of likely N-dealkylation sites (tertiary alicyclic amines) is 1. The van der Waals surface area contributed by atoms with Gasteiger partial charge in [0.2, 0.25) is 0 Å². The molecule has 1 amide bonds. The van der Waals surface area contributed by atoms with E-state index in [0.29, 0.717) is 6.04 Å². The second-order valence-corrected chi connectivity index (χ2v) is 5.85. The number of quaternary nitrogens is 1. The highest BCUT2D eigenvalue weighted by atomic mass is 16.5. The normalized spacial score (nSPS) is 21.8. The molecule has 0 radical (unpaired) electrons. The van der Waals surface area contributed by atoms with Gasteiger partial charge in [0.15, 0.2) is 0 Å². The summed E-state index contributed by atoms with van der Waals surface area (Å²) >= 11 is 0. The number of ether oxygens (including phenoxy) is 1. The van der Waals surface area contributed by atoms with Crippen LogP contribution in [0.1, 0.15) is 26.7 Å². The molecule has 1 aliphatic rings. The summed E-state index contributed by atoms with van der Waals surface area (Å²) < 4.78 is 6.22. The van der Waals surface area contributed by atoms with E-state index >= 15 is 0 Å². The fourth-order valence-electron chi connectivity index (χ4n) is 1.86. The number of nitrogens with one attached hydrogen (secondary N) is 1. The predicted molar refractivity (Wildman–Crippen MR) is 64.1 cm³/mol. The van der Waals surface area contributed by atoms with Gasteiger partial charge in [-0.15, -0.1) is 0 Å². The molecule has 0 aromatic rings. The SMILES string of the molecule is COC(C)(C)C(=O)NC1CC[N+](C)(C)CC1. The maximum atomic E-state index is 11.9. The Balaban J connectivity index is 2.43. The first-order valence-electron chi connectivity index (χ1n) is 5.95. The first-order chi connectivity index (χ1) is 7.27. The molecule has 94 valence electrons. The van der Waals surface area contributed by atoms with E-state index in [1.165, 1.54) is 0 Å². The minimum Gasteiger partial charge on any atom is -0.369 e. The van der Waals surface area contributed by atoms with Crippen molar-refractivity contribution in [2.24, 2.45) is 0 Å². The van der Waals surface area contributed by atoms with Crippen molar-refractivity contribution >= 4 is 5.91 Å². The van der Waals surface area contributed by atoms with Crippen molar-refractivity contribution in [3.8, 4) is 0 Å². The van der Waals surface area contributed by atoms with Crippen LogP contribution in [0.5, 0.6) is 0 Å². The maximum absolute atomic E-state index is 11.9. The third-order valence-corrected chi connectivity index (χ3v) is 3.56. The Morgan fingerprint density at radius 2 is 1.81 bits per heavy atom. The van der Waals surface area contributed by atoms with E-state index in [1.54, 1.807) is 21.0 Å². The first kappa shape index (κ1) is 13.5. The molecule has 1 heterocycles. The van der Waals surface area contributed by atoms with E-state index in [1.807, 2.05) is 0 Å². The minimum absolute atomic E-state index is 0.00722. The van der Waals surface area contributed by atoms with Crippen LogP contribution in [0.15, 0.2) is 0 Å². The Hall–Kier alpha value is -0.610. The zero-order chi connectivity index (χ0) is 12.4. The Labute approximate surface area is 98.5 Å². The molecule has 0 unspecified atom stereocenters. The molecular formula is C12H25N2O2+. The topological polar surface area (TPSA) is 38.3 Å².